The standard InChI is InChI=1S/C17H26N2O2/c1-3-21-16(20)13-7-8-15(14(18)11-13)19-12-17(2)9-5-4-6-10-17/h7-8,11,19H,3-6,9-10,12,18H2,1-2H3. The highest BCUT2D eigenvalue weighted by Crippen LogP contribution is 2.36. The first-order valence-corrected chi connectivity index (χ1v) is 7.84. The number of nitrogen functional groups attached to an aromatic ring is 1. The Labute approximate surface area is 127 Å². The van der Waals surface area contributed by atoms with Gasteiger partial charge in [-0.05, 0) is 43.4 Å². The first-order valence-electron chi connectivity index (χ1n) is 7.84. The van der Waals surface area contributed by atoms with Gasteiger partial charge in [0.05, 0.1) is 23.5 Å². The van der Waals surface area contributed by atoms with Crippen LogP contribution in [-0.2, 0) is 4.74 Å². The van der Waals surface area contributed by atoms with Gasteiger partial charge in [-0.3, -0.25) is 0 Å². The molecule has 0 spiro atoms. The van der Waals surface area contributed by atoms with E-state index < -0.39 is 0 Å². The Morgan fingerprint density at radius 2 is 2.05 bits per heavy atom. The Hall–Kier alpha value is -1.71. The second kappa shape index (κ2) is 6.83. The number of benzene rings is 1. The molecule has 0 amide bonds. The molecule has 0 unspecified atom stereocenters. The van der Waals surface area contributed by atoms with E-state index in [-0.39, 0.29) is 5.97 Å². The predicted molar refractivity (Wildman–Crippen MR) is 86.5 cm³/mol. The van der Waals surface area contributed by atoms with Crippen LogP contribution in [0.3, 0.4) is 0 Å². The summed E-state index contributed by atoms with van der Waals surface area (Å²) in [5, 5.41) is 3.44. The van der Waals surface area contributed by atoms with Gasteiger partial charge in [0.2, 0.25) is 0 Å². The quantitative estimate of drug-likeness (QED) is 0.639. The van der Waals surface area contributed by atoms with E-state index in [0.29, 0.717) is 23.3 Å². The molecule has 0 saturated heterocycles. The average molecular weight is 290 g/mol. The molecule has 2 rings (SSSR count). The summed E-state index contributed by atoms with van der Waals surface area (Å²) in [6.07, 6.45) is 6.51. The van der Waals surface area contributed by atoms with Gasteiger partial charge in [0.15, 0.2) is 0 Å². The highest BCUT2D eigenvalue weighted by atomic mass is 16.5. The van der Waals surface area contributed by atoms with Crippen molar-refractivity contribution in [1.29, 1.82) is 0 Å². The zero-order valence-corrected chi connectivity index (χ0v) is 13.1. The lowest BCUT2D eigenvalue weighted by molar-refractivity contribution is 0.0526. The zero-order valence-electron chi connectivity index (χ0n) is 13.1. The lowest BCUT2D eigenvalue weighted by Gasteiger charge is -2.34. The van der Waals surface area contributed by atoms with Gasteiger partial charge in [0.25, 0.3) is 0 Å². The molecule has 116 valence electrons. The number of hydrogen-bond donors (Lipinski definition) is 2. The molecule has 1 aliphatic carbocycles. The normalized spacial score (nSPS) is 17.2. The molecule has 0 atom stereocenters. The summed E-state index contributed by atoms with van der Waals surface area (Å²) in [5.74, 6) is -0.324. The largest absolute Gasteiger partial charge is 0.462 e. The molecule has 21 heavy (non-hydrogen) atoms. The maximum atomic E-state index is 11.7. The number of rotatable bonds is 5. The first-order chi connectivity index (χ1) is 10.0. The Morgan fingerprint density at radius 1 is 1.33 bits per heavy atom. The SMILES string of the molecule is CCOC(=O)c1ccc(NCC2(C)CCCCC2)c(N)c1. The van der Waals surface area contributed by atoms with Gasteiger partial charge in [-0.15, -0.1) is 0 Å². The van der Waals surface area contributed by atoms with Crippen molar-refractivity contribution in [1.82, 2.24) is 0 Å². The molecule has 0 radical (unpaired) electrons. The van der Waals surface area contributed by atoms with Crippen LogP contribution in [0.5, 0.6) is 0 Å². The van der Waals surface area contributed by atoms with Crippen molar-refractivity contribution >= 4 is 17.3 Å². The summed E-state index contributed by atoms with van der Waals surface area (Å²) in [6, 6.07) is 5.32. The van der Waals surface area contributed by atoms with E-state index in [4.69, 9.17) is 10.5 Å². The third-order valence-corrected chi connectivity index (χ3v) is 4.33. The van der Waals surface area contributed by atoms with Gasteiger partial charge in [0, 0.05) is 6.54 Å². The highest BCUT2D eigenvalue weighted by Gasteiger charge is 2.26. The van der Waals surface area contributed by atoms with E-state index in [1.807, 2.05) is 6.07 Å². The molecule has 4 heteroatoms. The molecule has 1 fully saturated rings. The maximum absolute atomic E-state index is 11.7. The summed E-state index contributed by atoms with van der Waals surface area (Å²) >= 11 is 0. The van der Waals surface area contributed by atoms with Crippen molar-refractivity contribution in [3.8, 4) is 0 Å². The summed E-state index contributed by atoms with van der Waals surface area (Å²) in [7, 11) is 0. The van der Waals surface area contributed by atoms with Crippen LogP contribution in [0.2, 0.25) is 0 Å². The number of hydrogen-bond acceptors (Lipinski definition) is 4. The fourth-order valence-corrected chi connectivity index (χ4v) is 2.96. The van der Waals surface area contributed by atoms with Crippen LogP contribution in [0.4, 0.5) is 11.4 Å². The monoisotopic (exact) mass is 290 g/mol. The van der Waals surface area contributed by atoms with Crippen molar-refractivity contribution in [2.45, 2.75) is 46.0 Å². The van der Waals surface area contributed by atoms with E-state index in [2.05, 4.69) is 12.2 Å². The van der Waals surface area contributed by atoms with Gasteiger partial charge < -0.3 is 15.8 Å². The summed E-state index contributed by atoms with van der Waals surface area (Å²) in [6.45, 7) is 5.43. The number of esters is 1. The number of ether oxygens (including phenoxy) is 1. The minimum Gasteiger partial charge on any atom is -0.462 e. The van der Waals surface area contributed by atoms with Crippen LogP contribution in [0, 0.1) is 5.41 Å². The van der Waals surface area contributed by atoms with E-state index in [1.165, 1.54) is 32.1 Å². The van der Waals surface area contributed by atoms with Crippen molar-refractivity contribution in [3.05, 3.63) is 23.8 Å². The Balaban J connectivity index is 1.99. The first kappa shape index (κ1) is 15.7. The van der Waals surface area contributed by atoms with Crippen LogP contribution in [-0.4, -0.2) is 19.1 Å². The zero-order chi connectivity index (χ0) is 15.3. The minimum atomic E-state index is -0.324. The smallest absolute Gasteiger partial charge is 0.338 e. The Kier molecular flexibility index (Phi) is 5.10. The van der Waals surface area contributed by atoms with Crippen molar-refractivity contribution in [2.24, 2.45) is 5.41 Å². The fourth-order valence-electron chi connectivity index (χ4n) is 2.96. The predicted octanol–water partition coefficient (Wildman–Crippen LogP) is 3.83. The molecule has 1 aromatic rings. The number of nitrogens with two attached hydrogens (primary N) is 1. The van der Waals surface area contributed by atoms with Crippen LogP contribution >= 0.6 is 0 Å². The van der Waals surface area contributed by atoms with Gasteiger partial charge in [0.1, 0.15) is 0 Å². The van der Waals surface area contributed by atoms with Crippen LogP contribution in [0.1, 0.15) is 56.3 Å². The van der Waals surface area contributed by atoms with Crippen LogP contribution in [0.15, 0.2) is 18.2 Å². The van der Waals surface area contributed by atoms with Crippen LogP contribution in [0.25, 0.3) is 0 Å². The lowest BCUT2D eigenvalue weighted by Crippen LogP contribution is -2.29. The molecule has 0 aromatic heterocycles. The molecule has 1 aliphatic rings. The number of carbonyl (C=O) groups is 1. The summed E-state index contributed by atoms with van der Waals surface area (Å²) in [4.78, 5) is 11.7. The molecular formula is C17H26N2O2. The second-order valence-corrected chi connectivity index (χ2v) is 6.25. The molecule has 0 bridgehead atoms. The Bertz CT molecular complexity index is 494. The van der Waals surface area contributed by atoms with E-state index in [0.717, 1.165) is 12.2 Å². The van der Waals surface area contributed by atoms with Crippen molar-refractivity contribution in [3.63, 3.8) is 0 Å². The van der Waals surface area contributed by atoms with Gasteiger partial charge in [-0.1, -0.05) is 26.2 Å². The third kappa shape index (κ3) is 4.13. The lowest BCUT2D eigenvalue weighted by atomic mass is 9.76. The van der Waals surface area contributed by atoms with Gasteiger partial charge >= 0.3 is 5.97 Å². The summed E-state index contributed by atoms with van der Waals surface area (Å²) < 4.78 is 4.98. The van der Waals surface area contributed by atoms with E-state index >= 15 is 0 Å². The molecule has 0 heterocycles. The Morgan fingerprint density at radius 3 is 2.67 bits per heavy atom. The second-order valence-electron chi connectivity index (χ2n) is 6.25. The van der Waals surface area contributed by atoms with Crippen molar-refractivity contribution < 1.29 is 9.53 Å². The minimum absolute atomic E-state index is 0.324. The summed E-state index contributed by atoms with van der Waals surface area (Å²) in [5.41, 5.74) is 8.39. The topological polar surface area (TPSA) is 64.3 Å². The van der Waals surface area contributed by atoms with Crippen molar-refractivity contribution in [2.75, 3.05) is 24.2 Å². The molecule has 0 aliphatic heterocycles. The van der Waals surface area contributed by atoms with Crippen LogP contribution < -0.4 is 11.1 Å². The van der Waals surface area contributed by atoms with Gasteiger partial charge in [-0.2, -0.15) is 0 Å². The molecule has 1 saturated carbocycles. The van der Waals surface area contributed by atoms with E-state index in [1.54, 1.807) is 19.1 Å². The number of nitrogens with one attached hydrogen (secondary N) is 1. The molecule has 1 aromatic carbocycles. The third-order valence-electron chi connectivity index (χ3n) is 4.33. The molecular weight excluding hydrogens is 264 g/mol. The fraction of sp³-hybridized carbons (Fsp3) is 0.588. The van der Waals surface area contributed by atoms with E-state index in [9.17, 15) is 4.79 Å². The average Bonchev–Trinajstić information content (AvgIpc) is 2.47. The molecule has 3 N–H and O–H groups in total. The maximum Gasteiger partial charge on any atom is 0.338 e. The number of carbonyl (C=O) groups excluding carboxylic acids is 1. The molecule has 4 nitrogen and oxygen atoms in total. The highest BCUT2D eigenvalue weighted by molar-refractivity contribution is 5.91. The number of anilines is 2. The van der Waals surface area contributed by atoms with Gasteiger partial charge in [-0.25, -0.2) is 4.79 Å².